The number of nitrogens with zero attached hydrogens (tertiary/aromatic N) is 1. The Bertz CT molecular complexity index is 1260. The molecule has 1 saturated heterocycles. The number of fused-ring (bicyclic) bond motifs is 1. The normalized spacial score (nSPS) is 16.1. The number of carbonyl (C=O) groups excluding carboxylic acids is 2. The maximum atomic E-state index is 12.9. The molecule has 8 heteroatoms. The number of aromatic hydroxyl groups is 1. The van der Waals surface area contributed by atoms with E-state index in [-0.39, 0.29) is 22.5 Å². The van der Waals surface area contributed by atoms with Crippen molar-refractivity contribution in [3.8, 4) is 22.8 Å². The molecule has 8 nitrogen and oxygen atoms in total. The van der Waals surface area contributed by atoms with E-state index in [1.807, 2.05) is 18.2 Å². The summed E-state index contributed by atoms with van der Waals surface area (Å²) in [5.74, 6) is -0.685. The molecule has 0 spiro atoms. The number of phenols is 1. The van der Waals surface area contributed by atoms with E-state index in [2.05, 4.69) is 0 Å². The van der Waals surface area contributed by atoms with E-state index in [1.54, 1.807) is 32.9 Å². The highest BCUT2D eigenvalue weighted by atomic mass is 16.6. The molecule has 4 rings (SSSR count). The predicted octanol–water partition coefficient (Wildman–Crippen LogP) is 4.47. The SMILES string of the molecule is CC(C)(C)OC(=O)N1CCC[C@@H]1C(=O)Oc1cc(O)c2c(=O)cc(-c3ccccc3)oc2c1. The van der Waals surface area contributed by atoms with Crippen molar-refractivity contribution in [2.24, 2.45) is 0 Å². The fourth-order valence-corrected chi connectivity index (χ4v) is 3.78. The van der Waals surface area contributed by atoms with Gasteiger partial charge in [-0.2, -0.15) is 0 Å². The lowest BCUT2D eigenvalue weighted by Crippen LogP contribution is -2.44. The standard InChI is InChI=1S/C25H25NO7/c1-25(2,3)33-24(30)26-11-7-10-17(26)23(29)31-16-12-18(27)22-19(28)14-20(32-21(22)13-16)15-8-5-4-6-9-15/h4-6,8-9,12-14,17,27H,7,10-11H2,1-3H3/t17-/m1/s1. The van der Waals surface area contributed by atoms with Crippen LogP contribution >= 0.6 is 0 Å². The summed E-state index contributed by atoms with van der Waals surface area (Å²) < 4.78 is 16.7. The lowest BCUT2D eigenvalue weighted by atomic mass is 10.1. The fraction of sp³-hybridized carbons (Fsp3) is 0.320. The number of hydrogen-bond donors (Lipinski definition) is 1. The van der Waals surface area contributed by atoms with Crippen LogP contribution in [-0.2, 0) is 9.53 Å². The van der Waals surface area contributed by atoms with Gasteiger partial charge in [0.15, 0.2) is 5.43 Å². The van der Waals surface area contributed by atoms with Gasteiger partial charge in [-0.3, -0.25) is 9.69 Å². The van der Waals surface area contributed by atoms with Gasteiger partial charge in [-0.05, 0) is 33.6 Å². The Balaban J connectivity index is 1.61. The van der Waals surface area contributed by atoms with Crippen LogP contribution in [0.15, 0.2) is 57.7 Å². The van der Waals surface area contributed by atoms with E-state index in [1.165, 1.54) is 23.1 Å². The highest BCUT2D eigenvalue weighted by Crippen LogP contribution is 2.32. The predicted molar refractivity (Wildman–Crippen MR) is 121 cm³/mol. The first kappa shape index (κ1) is 22.4. The zero-order valence-corrected chi connectivity index (χ0v) is 18.7. The zero-order chi connectivity index (χ0) is 23.8. The summed E-state index contributed by atoms with van der Waals surface area (Å²) in [6.45, 7) is 5.64. The first-order valence-electron chi connectivity index (χ1n) is 10.7. The van der Waals surface area contributed by atoms with Crippen molar-refractivity contribution in [2.75, 3.05) is 6.54 Å². The molecule has 0 unspecified atom stereocenters. The Labute approximate surface area is 190 Å². The Morgan fingerprint density at radius 3 is 2.55 bits per heavy atom. The van der Waals surface area contributed by atoms with Gasteiger partial charge >= 0.3 is 12.1 Å². The van der Waals surface area contributed by atoms with Crippen molar-refractivity contribution < 1.29 is 28.6 Å². The number of rotatable bonds is 3. The first-order chi connectivity index (χ1) is 15.6. The molecule has 0 radical (unpaired) electrons. The third-order valence-electron chi connectivity index (χ3n) is 5.21. The lowest BCUT2D eigenvalue weighted by Gasteiger charge is -2.27. The summed E-state index contributed by atoms with van der Waals surface area (Å²) in [5.41, 5.74) is -0.332. The van der Waals surface area contributed by atoms with Crippen molar-refractivity contribution in [3.05, 3.63) is 58.8 Å². The molecular weight excluding hydrogens is 426 g/mol. The molecule has 0 bridgehead atoms. The molecule has 1 amide bonds. The Morgan fingerprint density at radius 1 is 1.12 bits per heavy atom. The molecule has 1 atom stereocenters. The second-order valence-electron chi connectivity index (χ2n) is 8.91. The second kappa shape index (κ2) is 8.61. The van der Waals surface area contributed by atoms with Gasteiger partial charge in [-0.15, -0.1) is 0 Å². The number of phenolic OH excluding ortho intramolecular Hbond substituents is 1. The van der Waals surface area contributed by atoms with Crippen molar-refractivity contribution in [3.63, 3.8) is 0 Å². The van der Waals surface area contributed by atoms with Crippen LogP contribution in [0.3, 0.4) is 0 Å². The lowest BCUT2D eigenvalue weighted by molar-refractivity contribution is -0.139. The number of amides is 1. The van der Waals surface area contributed by atoms with Crippen LogP contribution in [-0.4, -0.2) is 40.3 Å². The molecule has 1 aromatic heterocycles. The first-order valence-corrected chi connectivity index (χ1v) is 10.7. The number of esters is 1. The van der Waals surface area contributed by atoms with Gasteiger partial charge in [0, 0.05) is 30.3 Å². The van der Waals surface area contributed by atoms with Crippen LogP contribution in [0.5, 0.6) is 11.5 Å². The Hall–Kier alpha value is -3.81. The largest absolute Gasteiger partial charge is 0.507 e. The van der Waals surface area contributed by atoms with E-state index in [4.69, 9.17) is 13.9 Å². The number of ether oxygens (including phenoxy) is 2. The number of likely N-dealkylation sites (tertiary alicyclic amines) is 1. The number of hydrogen-bond acceptors (Lipinski definition) is 7. The molecule has 1 aliphatic rings. The highest BCUT2D eigenvalue weighted by molar-refractivity contribution is 5.88. The molecule has 2 heterocycles. The molecule has 1 N–H and O–H groups in total. The maximum Gasteiger partial charge on any atom is 0.411 e. The molecule has 172 valence electrons. The van der Waals surface area contributed by atoms with Crippen LogP contribution in [0.25, 0.3) is 22.3 Å². The van der Waals surface area contributed by atoms with Gasteiger partial charge in [0.2, 0.25) is 0 Å². The summed E-state index contributed by atoms with van der Waals surface area (Å²) in [4.78, 5) is 39.3. The van der Waals surface area contributed by atoms with Crippen molar-refractivity contribution in [1.29, 1.82) is 0 Å². The quantitative estimate of drug-likeness (QED) is 0.462. The summed E-state index contributed by atoms with van der Waals surface area (Å²) in [5, 5.41) is 10.4. The minimum Gasteiger partial charge on any atom is -0.507 e. The average Bonchev–Trinajstić information content (AvgIpc) is 3.23. The van der Waals surface area contributed by atoms with Crippen LogP contribution < -0.4 is 10.2 Å². The smallest absolute Gasteiger partial charge is 0.411 e. The minimum atomic E-state index is -0.805. The number of benzene rings is 2. The van der Waals surface area contributed by atoms with Gasteiger partial charge in [-0.25, -0.2) is 9.59 Å². The summed E-state index contributed by atoms with van der Waals surface area (Å²) in [6, 6.07) is 12.1. The summed E-state index contributed by atoms with van der Waals surface area (Å²) >= 11 is 0. The average molecular weight is 451 g/mol. The minimum absolute atomic E-state index is 0.00859. The molecule has 3 aromatic rings. The van der Waals surface area contributed by atoms with Crippen LogP contribution in [0.1, 0.15) is 33.6 Å². The van der Waals surface area contributed by atoms with E-state index < -0.39 is 29.1 Å². The van der Waals surface area contributed by atoms with Crippen molar-refractivity contribution in [2.45, 2.75) is 45.3 Å². The summed E-state index contributed by atoms with van der Waals surface area (Å²) in [7, 11) is 0. The zero-order valence-electron chi connectivity index (χ0n) is 18.7. The molecule has 0 saturated carbocycles. The van der Waals surface area contributed by atoms with Gasteiger partial charge in [0.05, 0.1) is 0 Å². The topological polar surface area (TPSA) is 106 Å². The third-order valence-corrected chi connectivity index (χ3v) is 5.21. The van der Waals surface area contributed by atoms with Crippen LogP contribution in [0.4, 0.5) is 4.79 Å². The molecule has 1 fully saturated rings. The third kappa shape index (κ3) is 4.84. The summed E-state index contributed by atoms with van der Waals surface area (Å²) in [6.07, 6.45) is 0.490. The monoisotopic (exact) mass is 451 g/mol. The van der Waals surface area contributed by atoms with Crippen molar-refractivity contribution in [1.82, 2.24) is 4.90 Å². The van der Waals surface area contributed by atoms with E-state index >= 15 is 0 Å². The molecular formula is C25H25NO7. The van der Waals surface area contributed by atoms with Gasteiger partial charge in [-0.1, -0.05) is 30.3 Å². The number of carbonyl (C=O) groups is 2. The second-order valence-corrected chi connectivity index (χ2v) is 8.91. The van der Waals surface area contributed by atoms with E-state index in [0.717, 1.165) is 0 Å². The molecule has 1 aliphatic heterocycles. The molecule has 33 heavy (non-hydrogen) atoms. The Morgan fingerprint density at radius 2 is 1.85 bits per heavy atom. The van der Waals surface area contributed by atoms with Crippen LogP contribution in [0, 0.1) is 0 Å². The molecule has 0 aliphatic carbocycles. The van der Waals surface area contributed by atoms with Gasteiger partial charge in [0.1, 0.15) is 39.9 Å². The van der Waals surface area contributed by atoms with E-state index in [0.29, 0.717) is 30.7 Å². The van der Waals surface area contributed by atoms with E-state index in [9.17, 15) is 19.5 Å². The van der Waals surface area contributed by atoms with Gasteiger partial charge < -0.3 is 19.0 Å². The van der Waals surface area contributed by atoms with Crippen molar-refractivity contribution >= 4 is 23.0 Å². The molecule has 2 aromatic carbocycles. The highest BCUT2D eigenvalue weighted by Gasteiger charge is 2.38. The van der Waals surface area contributed by atoms with Gasteiger partial charge in [0.25, 0.3) is 0 Å². The fourth-order valence-electron chi connectivity index (χ4n) is 3.78. The maximum absolute atomic E-state index is 12.9. The Kier molecular flexibility index (Phi) is 5.84. The van der Waals surface area contributed by atoms with Crippen LogP contribution in [0.2, 0.25) is 0 Å².